The number of pyridine rings is 1. The van der Waals surface area contributed by atoms with Crippen LogP contribution in [0, 0.1) is 5.82 Å². The molecule has 0 atom stereocenters. The maximum absolute atomic E-state index is 13.3. The molecule has 6 heteroatoms. The van der Waals surface area contributed by atoms with E-state index in [0.717, 1.165) is 5.69 Å². The van der Waals surface area contributed by atoms with E-state index in [2.05, 4.69) is 20.9 Å². The number of benzene rings is 1. The molecule has 1 heterocycles. The second-order valence-corrected chi connectivity index (χ2v) is 5.51. The minimum atomic E-state index is -0.547. The normalized spacial score (nSPS) is 10.4. The summed E-state index contributed by atoms with van der Waals surface area (Å²) in [5, 5.41) is 0. The number of nitrogens with zero attached hydrogens (tertiary/aromatic N) is 2. The van der Waals surface area contributed by atoms with Crippen LogP contribution in [-0.4, -0.2) is 29.4 Å². The number of amides is 1. The zero-order valence-corrected chi connectivity index (χ0v) is 13.1. The van der Waals surface area contributed by atoms with E-state index < -0.39 is 5.82 Å². The zero-order valence-electron chi connectivity index (χ0n) is 11.5. The molecule has 0 bridgehead atoms. The van der Waals surface area contributed by atoms with Crippen LogP contribution in [0.15, 0.2) is 41.0 Å². The maximum atomic E-state index is 13.3. The van der Waals surface area contributed by atoms with Gasteiger partial charge in [0.25, 0.3) is 5.91 Å². The molecule has 21 heavy (non-hydrogen) atoms. The third kappa shape index (κ3) is 3.78. The number of likely N-dealkylation sites (N-methyl/N-ethyl adjacent to an activating group) is 1. The maximum Gasteiger partial charge on any atom is 0.254 e. The molecule has 0 fully saturated rings. The van der Waals surface area contributed by atoms with Crippen LogP contribution in [0.25, 0.3) is 0 Å². The molecule has 2 aromatic rings. The van der Waals surface area contributed by atoms with Crippen molar-refractivity contribution in [2.24, 2.45) is 0 Å². The Hall–Kier alpha value is -1.95. The highest BCUT2D eigenvalue weighted by Gasteiger charge is 2.17. The number of halogens is 2. The van der Waals surface area contributed by atoms with E-state index >= 15 is 0 Å². The van der Waals surface area contributed by atoms with Crippen molar-refractivity contribution in [3.05, 3.63) is 58.1 Å². The summed E-state index contributed by atoms with van der Waals surface area (Å²) in [6, 6.07) is 8.20. The summed E-state index contributed by atoms with van der Waals surface area (Å²) < 4.78 is 13.7. The Morgan fingerprint density at radius 3 is 2.86 bits per heavy atom. The molecular weight excluding hydrogens is 337 g/mol. The fourth-order valence-corrected chi connectivity index (χ4v) is 2.35. The fourth-order valence-electron chi connectivity index (χ4n) is 1.87. The Labute approximate surface area is 130 Å². The van der Waals surface area contributed by atoms with Gasteiger partial charge in [0.05, 0.1) is 11.3 Å². The summed E-state index contributed by atoms with van der Waals surface area (Å²) in [5.41, 5.74) is 6.73. The number of carbonyl (C=O) groups is 1. The summed E-state index contributed by atoms with van der Waals surface area (Å²) in [5.74, 6) is -0.765. The molecule has 1 aromatic carbocycles. The smallest absolute Gasteiger partial charge is 0.254 e. The zero-order chi connectivity index (χ0) is 15.4. The largest absolute Gasteiger partial charge is 0.396 e. The molecule has 110 valence electrons. The van der Waals surface area contributed by atoms with Crippen LogP contribution in [-0.2, 0) is 6.42 Å². The average Bonchev–Trinajstić information content (AvgIpc) is 2.49. The Morgan fingerprint density at radius 1 is 1.43 bits per heavy atom. The lowest BCUT2D eigenvalue weighted by Crippen LogP contribution is -2.29. The molecule has 0 aliphatic heterocycles. The second-order valence-electron chi connectivity index (χ2n) is 4.65. The van der Waals surface area contributed by atoms with Gasteiger partial charge in [0.1, 0.15) is 5.82 Å². The second kappa shape index (κ2) is 6.67. The molecule has 1 aromatic heterocycles. The van der Waals surface area contributed by atoms with E-state index in [1.807, 2.05) is 18.2 Å². The molecule has 2 N–H and O–H groups in total. The van der Waals surface area contributed by atoms with Crippen molar-refractivity contribution in [2.75, 3.05) is 19.3 Å². The lowest BCUT2D eigenvalue weighted by Gasteiger charge is -2.18. The molecule has 0 unspecified atom stereocenters. The number of hydrogen-bond donors (Lipinski definition) is 1. The third-order valence-electron chi connectivity index (χ3n) is 3.09. The van der Waals surface area contributed by atoms with Crippen LogP contribution < -0.4 is 5.73 Å². The van der Waals surface area contributed by atoms with Gasteiger partial charge in [-0.3, -0.25) is 9.78 Å². The number of aromatic nitrogens is 1. The van der Waals surface area contributed by atoms with Crippen LogP contribution in [0.2, 0.25) is 0 Å². The van der Waals surface area contributed by atoms with E-state index in [1.54, 1.807) is 18.1 Å². The third-order valence-corrected chi connectivity index (χ3v) is 3.75. The highest BCUT2D eigenvalue weighted by atomic mass is 79.9. The monoisotopic (exact) mass is 351 g/mol. The van der Waals surface area contributed by atoms with Gasteiger partial charge in [-0.15, -0.1) is 0 Å². The SMILES string of the molecule is CN(CCc1ccccn1)C(=O)c1cc(N)c(F)cc1Br. The van der Waals surface area contributed by atoms with Crippen molar-refractivity contribution in [1.82, 2.24) is 9.88 Å². The lowest BCUT2D eigenvalue weighted by molar-refractivity contribution is 0.0795. The Kier molecular flexibility index (Phi) is 4.90. The number of rotatable bonds is 4. The van der Waals surface area contributed by atoms with Crippen molar-refractivity contribution < 1.29 is 9.18 Å². The summed E-state index contributed by atoms with van der Waals surface area (Å²) in [4.78, 5) is 18.1. The number of carbonyl (C=O) groups excluding carboxylic acids is 1. The Morgan fingerprint density at radius 2 is 2.19 bits per heavy atom. The van der Waals surface area contributed by atoms with Gasteiger partial charge in [0.15, 0.2) is 0 Å². The molecular formula is C15H15BrFN3O. The molecule has 0 saturated heterocycles. The van der Waals surface area contributed by atoms with Crippen LogP contribution in [0.1, 0.15) is 16.1 Å². The summed E-state index contributed by atoms with van der Waals surface area (Å²) in [7, 11) is 1.69. The predicted octanol–water partition coefficient (Wildman–Crippen LogP) is 2.88. The molecule has 0 radical (unpaired) electrons. The lowest BCUT2D eigenvalue weighted by atomic mass is 10.1. The quantitative estimate of drug-likeness (QED) is 0.861. The molecule has 1 amide bonds. The van der Waals surface area contributed by atoms with E-state index in [1.165, 1.54) is 12.1 Å². The molecule has 0 aliphatic rings. The number of nitrogen functional groups attached to an aromatic ring is 1. The average molecular weight is 352 g/mol. The van der Waals surface area contributed by atoms with Crippen molar-refractivity contribution in [3.8, 4) is 0 Å². The van der Waals surface area contributed by atoms with Crippen molar-refractivity contribution >= 4 is 27.5 Å². The molecule has 0 aliphatic carbocycles. The highest BCUT2D eigenvalue weighted by Crippen LogP contribution is 2.23. The van der Waals surface area contributed by atoms with Crippen LogP contribution in [0.3, 0.4) is 0 Å². The van der Waals surface area contributed by atoms with E-state index in [9.17, 15) is 9.18 Å². The van der Waals surface area contributed by atoms with Gasteiger partial charge in [-0.1, -0.05) is 6.07 Å². The van der Waals surface area contributed by atoms with Crippen molar-refractivity contribution in [2.45, 2.75) is 6.42 Å². The minimum absolute atomic E-state index is 0.0420. The van der Waals surface area contributed by atoms with E-state index in [4.69, 9.17) is 5.73 Å². The predicted molar refractivity (Wildman–Crippen MR) is 83.4 cm³/mol. The van der Waals surface area contributed by atoms with E-state index in [-0.39, 0.29) is 11.6 Å². The molecule has 0 saturated carbocycles. The summed E-state index contributed by atoms with van der Waals surface area (Å²) in [6.07, 6.45) is 2.37. The number of anilines is 1. The van der Waals surface area contributed by atoms with Gasteiger partial charge in [0, 0.05) is 36.4 Å². The number of nitrogens with two attached hydrogens (primary N) is 1. The highest BCUT2D eigenvalue weighted by molar-refractivity contribution is 9.10. The van der Waals surface area contributed by atoms with Crippen LogP contribution >= 0.6 is 15.9 Å². The topological polar surface area (TPSA) is 59.2 Å². The number of hydrogen-bond acceptors (Lipinski definition) is 3. The standard InChI is InChI=1S/C15H15BrFN3O/c1-20(7-5-10-4-2-3-6-19-10)15(21)11-8-14(18)13(17)9-12(11)16/h2-4,6,8-9H,5,7,18H2,1H3. The first kappa shape index (κ1) is 15.4. The Balaban J connectivity index is 2.07. The van der Waals surface area contributed by atoms with Gasteiger partial charge in [0.2, 0.25) is 0 Å². The minimum Gasteiger partial charge on any atom is -0.396 e. The summed E-state index contributed by atoms with van der Waals surface area (Å²) >= 11 is 3.19. The fraction of sp³-hybridized carbons (Fsp3) is 0.200. The van der Waals surface area contributed by atoms with Gasteiger partial charge >= 0.3 is 0 Å². The van der Waals surface area contributed by atoms with Gasteiger partial charge in [-0.2, -0.15) is 0 Å². The van der Waals surface area contributed by atoms with Gasteiger partial charge in [-0.05, 0) is 40.2 Å². The molecule has 0 spiro atoms. The van der Waals surface area contributed by atoms with E-state index in [0.29, 0.717) is 23.0 Å². The molecule has 4 nitrogen and oxygen atoms in total. The van der Waals surface area contributed by atoms with Crippen molar-refractivity contribution in [1.29, 1.82) is 0 Å². The Bertz CT molecular complexity index is 649. The van der Waals surface area contributed by atoms with Crippen LogP contribution in [0.5, 0.6) is 0 Å². The van der Waals surface area contributed by atoms with Gasteiger partial charge < -0.3 is 10.6 Å². The first-order valence-electron chi connectivity index (χ1n) is 6.39. The van der Waals surface area contributed by atoms with Crippen molar-refractivity contribution in [3.63, 3.8) is 0 Å². The first-order valence-corrected chi connectivity index (χ1v) is 7.18. The van der Waals surface area contributed by atoms with Crippen LogP contribution in [0.4, 0.5) is 10.1 Å². The van der Waals surface area contributed by atoms with Gasteiger partial charge in [-0.25, -0.2) is 4.39 Å². The summed E-state index contributed by atoms with van der Waals surface area (Å²) in [6.45, 7) is 0.513. The first-order chi connectivity index (χ1) is 9.99. The molecule has 2 rings (SSSR count).